The largest absolute Gasteiger partial charge is 0.405 e. The van der Waals surface area contributed by atoms with Gasteiger partial charge in [0.2, 0.25) is 5.91 Å². The van der Waals surface area contributed by atoms with Crippen LogP contribution in [0.15, 0.2) is 66.7 Å². The topological polar surface area (TPSA) is 48.5 Å². The summed E-state index contributed by atoms with van der Waals surface area (Å²) in [5.74, 6) is -0.863. The molecule has 0 spiro atoms. The monoisotopic (exact) mass is 582 g/mol. The number of thiazole rings is 1. The van der Waals surface area contributed by atoms with Gasteiger partial charge in [0.05, 0.1) is 10.2 Å². The van der Waals surface area contributed by atoms with E-state index in [0.717, 1.165) is 76.7 Å². The number of anilines is 1. The number of hydrogen-bond acceptors (Lipinski definition) is 5. The standard InChI is InChI=1S/C31H30F4N4OS/c32-21-11-12-26-27(19-21)41-29(37-26)39-17-15-38(16-18-39)14-6-5-13-30(28(40)36-20-31(33,34)35)24-9-3-1-7-22(24)23-8-2-4-10-25(23)30/h1-4,7-12,19H,5-6,13-18,20H2,(H,36,40). The van der Waals surface area contributed by atoms with Crippen LogP contribution in [0.25, 0.3) is 21.3 Å². The zero-order chi connectivity index (χ0) is 28.6. The average molecular weight is 583 g/mol. The van der Waals surface area contributed by atoms with Crippen molar-refractivity contribution in [2.45, 2.75) is 30.9 Å². The first-order valence-electron chi connectivity index (χ1n) is 13.8. The summed E-state index contributed by atoms with van der Waals surface area (Å²) in [4.78, 5) is 22.9. The van der Waals surface area contributed by atoms with Crippen LogP contribution in [0, 0.1) is 5.82 Å². The lowest BCUT2D eigenvalue weighted by molar-refractivity contribution is -0.141. The van der Waals surface area contributed by atoms with Crippen LogP contribution in [-0.2, 0) is 10.2 Å². The molecule has 1 aromatic heterocycles. The highest BCUT2D eigenvalue weighted by Crippen LogP contribution is 2.51. The van der Waals surface area contributed by atoms with E-state index in [1.165, 1.54) is 23.5 Å². The van der Waals surface area contributed by atoms with Gasteiger partial charge in [0.15, 0.2) is 5.13 Å². The molecule has 0 atom stereocenters. The molecule has 214 valence electrons. The average Bonchev–Trinajstić information content (AvgIpc) is 3.51. The van der Waals surface area contributed by atoms with E-state index in [2.05, 4.69) is 20.1 Å². The summed E-state index contributed by atoms with van der Waals surface area (Å²) in [6.45, 7) is 2.81. The Labute approximate surface area is 239 Å². The van der Waals surface area contributed by atoms with Crippen molar-refractivity contribution in [1.82, 2.24) is 15.2 Å². The van der Waals surface area contributed by atoms with E-state index in [-0.39, 0.29) is 5.82 Å². The van der Waals surface area contributed by atoms with Crippen LogP contribution in [0.4, 0.5) is 22.7 Å². The highest BCUT2D eigenvalue weighted by molar-refractivity contribution is 7.22. The number of benzene rings is 3. The van der Waals surface area contributed by atoms with Gasteiger partial charge in [-0.05, 0) is 59.8 Å². The number of rotatable bonds is 8. The lowest BCUT2D eigenvalue weighted by atomic mass is 9.73. The van der Waals surface area contributed by atoms with Gasteiger partial charge < -0.3 is 10.2 Å². The molecule has 10 heteroatoms. The van der Waals surface area contributed by atoms with Gasteiger partial charge in [-0.25, -0.2) is 9.37 Å². The normalized spacial score (nSPS) is 16.5. The minimum atomic E-state index is -4.49. The molecule has 1 N–H and O–H groups in total. The van der Waals surface area contributed by atoms with E-state index < -0.39 is 24.0 Å². The van der Waals surface area contributed by atoms with Gasteiger partial charge >= 0.3 is 6.18 Å². The molecular formula is C31H30F4N4OS. The molecule has 0 radical (unpaired) electrons. The van der Waals surface area contributed by atoms with Crippen molar-refractivity contribution in [3.05, 3.63) is 83.7 Å². The van der Waals surface area contributed by atoms with Crippen molar-refractivity contribution in [2.24, 2.45) is 0 Å². The summed E-state index contributed by atoms with van der Waals surface area (Å²) >= 11 is 1.50. The highest BCUT2D eigenvalue weighted by Gasteiger charge is 2.49. The van der Waals surface area contributed by atoms with Crippen LogP contribution in [-0.4, -0.2) is 61.2 Å². The second-order valence-corrected chi connectivity index (χ2v) is 11.7. The maximum Gasteiger partial charge on any atom is 0.405 e. The van der Waals surface area contributed by atoms with Crippen LogP contribution in [0.3, 0.4) is 0 Å². The van der Waals surface area contributed by atoms with Crippen molar-refractivity contribution < 1.29 is 22.4 Å². The highest BCUT2D eigenvalue weighted by atomic mass is 32.1. The van der Waals surface area contributed by atoms with E-state index in [4.69, 9.17) is 0 Å². The third-order valence-electron chi connectivity index (χ3n) is 8.16. The van der Waals surface area contributed by atoms with E-state index >= 15 is 0 Å². The van der Waals surface area contributed by atoms with Gasteiger partial charge in [-0.3, -0.25) is 9.69 Å². The Morgan fingerprint density at radius 2 is 1.59 bits per heavy atom. The van der Waals surface area contributed by atoms with E-state index in [1.807, 2.05) is 48.5 Å². The first kappa shape index (κ1) is 27.7. The number of piperazine rings is 1. The molecule has 1 amide bonds. The van der Waals surface area contributed by atoms with Crippen molar-refractivity contribution in [2.75, 3.05) is 44.2 Å². The maximum atomic E-state index is 13.6. The molecule has 0 unspecified atom stereocenters. The third kappa shape index (κ3) is 5.42. The molecule has 6 rings (SSSR count). The lowest BCUT2D eigenvalue weighted by Crippen LogP contribution is -2.47. The fraction of sp³-hybridized carbons (Fsp3) is 0.355. The van der Waals surface area contributed by atoms with Gasteiger partial charge in [-0.1, -0.05) is 66.3 Å². The summed E-state index contributed by atoms with van der Waals surface area (Å²) < 4.78 is 53.7. The van der Waals surface area contributed by atoms with Gasteiger partial charge in [0.1, 0.15) is 17.8 Å². The number of unbranched alkanes of at least 4 members (excludes halogenated alkanes) is 1. The first-order chi connectivity index (χ1) is 19.7. The van der Waals surface area contributed by atoms with Crippen molar-refractivity contribution in [1.29, 1.82) is 0 Å². The summed E-state index contributed by atoms with van der Waals surface area (Å²) in [5.41, 5.74) is 2.98. The maximum absolute atomic E-state index is 13.6. The molecule has 0 bridgehead atoms. The number of carbonyl (C=O) groups excluding carboxylic acids is 1. The number of carbonyl (C=O) groups is 1. The molecule has 2 aliphatic rings. The zero-order valence-corrected chi connectivity index (χ0v) is 23.2. The van der Waals surface area contributed by atoms with Gasteiger partial charge in [0, 0.05) is 26.2 Å². The molecule has 2 heterocycles. The molecule has 1 aliphatic carbocycles. The lowest BCUT2D eigenvalue weighted by Gasteiger charge is -2.35. The van der Waals surface area contributed by atoms with Gasteiger partial charge in [-0.15, -0.1) is 0 Å². The van der Waals surface area contributed by atoms with Crippen molar-refractivity contribution in [3.63, 3.8) is 0 Å². The predicted molar refractivity (Wildman–Crippen MR) is 154 cm³/mol. The van der Waals surface area contributed by atoms with Crippen LogP contribution in [0.1, 0.15) is 30.4 Å². The van der Waals surface area contributed by atoms with Crippen molar-refractivity contribution in [3.8, 4) is 11.1 Å². The SMILES string of the molecule is O=C(NCC(F)(F)F)C1(CCCCN2CCN(c3nc4ccc(F)cc4s3)CC2)c2ccccc2-c2ccccc21. The number of halogens is 4. The Morgan fingerprint density at radius 3 is 2.24 bits per heavy atom. The predicted octanol–water partition coefficient (Wildman–Crippen LogP) is 6.37. The van der Waals surface area contributed by atoms with Crippen LogP contribution in [0.5, 0.6) is 0 Å². The minimum Gasteiger partial charge on any atom is -0.346 e. The molecule has 4 aromatic rings. The molecule has 1 fully saturated rings. The quantitative estimate of drug-likeness (QED) is 0.194. The number of fused-ring (bicyclic) bond motifs is 4. The first-order valence-corrected chi connectivity index (χ1v) is 14.6. The molecular weight excluding hydrogens is 552 g/mol. The fourth-order valence-electron chi connectivity index (χ4n) is 6.19. The third-order valence-corrected chi connectivity index (χ3v) is 9.24. The number of aromatic nitrogens is 1. The summed E-state index contributed by atoms with van der Waals surface area (Å²) in [6, 6.07) is 19.8. The fourth-order valence-corrected chi connectivity index (χ4v) is 7.24. The number of alkyl halides is 3. The summed E-state index contributed by atoms with van der Waals surface area (Å²) in [7, 11) is 0. The van der Waals surface area contributed by atoms with E-state index in [0.29, 0.717) is 12.8 Å². The summed E-state index contributed by atoms with van der Waals surface area (Å²) in [6.07, 6.45) is -2.56. The molecule has 0 saturated carbocycles. The number of amides is 1. The van der Waals surface area contributed by atoms with Crippen LogP contribution in [0.2, 0.25) is 0 Å². The second kappa shape index (κ2) is 11.1. The molecule has 3 aromatic carbocycles. The molecule has 5 nitrogen and oxygen atoms in total. The number of hydrogen-bond donors (Lipinski definition) is 1. The number of nitrogens with zero attached hydrogens (tertiary/aromatic N) is 3. The molecule has 41 heavy (non-hydrogen) atoms. The van der Waals surface area contributed by atoms with Crippen LogP contribution < -0.4 is 10.2 Å². The summed E-state index contributed by atoms with van der Waals surface area (Å²) in [5, 5.41) is 3.10. The Bertz CT molecular complexity index is 1520. The van der Waals surface area contributed by atoms with Crippen molar-refractivity contribution >= 4 is 32.6 Å². The van der Waals surface area contributed by atoms with Crippen LogP contribution >= 0.6 is 11.3 Å². The van der Waals surface area contributed by atoms with Gasteiger partial charge in [0.25, 0.3) is 0 Å². The number of nitrogens with one attached hydrogen (secondary N) is 1. The Hall–Kier alpha value is -3.50. The Morgan fingerprint density at radius 1 is 0.927 bits per heavy atom. The smallest absolute Gasteiger partial charge is 0.346 e. The zero-order valence-electron chi connectivity index (χ0n) is 22.4. The Kier molecular flexibility index (Phi) is 7.46. The van der Waals surface area contributed by atoms with Gasteiger partial charge in [-0.2, -0.15) is 13.2 Å². The van der Waals surface area contributed by atoms with E-state index in [9.17, 15) is 22.4 Å². The molecule has 1 saturated heterocycles. The molecule has 1 aliphatic heterocycles. The Balaban J connectivity index is 1.12. The second-order valence-electron chi connectivity index (χ2n) is 10.7. The van der Waals surface area contributed by atoms with E-state index in [1.54, 1.807) is 6.07 Å². The minimum absolute atomic E-state index is 0.262.